The number of aliphatic hydroxyl groups is 1. The molecule has 0 bridgehead atoms. The minimum absolute atomic E-state index is 0.0182. The van der Waals surface area contributed by atoms with Crippen molar-refractivity contribution in [1.82, 2.24) is 4.90 Å². The van der Waals surface area contributed by atoms with Gasteiger partial charge < -0.3 is 35.4 Å². The summed E-state index contributed by atoms with van der Waals surface area (Å²) >= 11 is 0. The van der Waals surface area contributed by atoms with Crippen LogP contribution in [0.2, 0.25) is 0 Å². The van der Waals surface area contributed by atoms with Crippen LogP contribution in [0.25, 0.3) is 0 Å². The van der Waals surface area contributed by atoms with E-state index in [1.807, 2.05) is 0 Å². The van der Waals surface area contributed by atoms with Gasteiger partial charge in [0.25, 0.3) is 17.7 Å². The molecule has 5 rings (SSSR count). The van der Waals surface area contributed by atoms with Crippen molar-refractivity contribution in [2.45, 2.75) is 31.3 Å². The van der Waals surface area contributed by atoms with Gasteiger partial charge in [0.1, 0.15) is 5.84 Å². The van der Waals surface area contributed by atoms with Crippen LogP contribution in [0.1, 0.15) is 27.9 Å². The number of benzene rings is 2. The molecule has 0 aliphatic carbocycles. The Morgan fingerprint density at radius 1 is 1.24 bits per heavy atom. The van der Waals surface area contributed by atoms with Crippen molar-refractivity contribution in [3.8, 4) is 0 Å². The molecule has 0 saturated carbocycles. The maximum absolute atomic E-state index is 13.3. The highest BCUT2D eigenvalue weighted by Crippen LogP contribution is 2.25. The molecule has 0 radical (unpaired) electrons. The van der Waals surface area contributed by atoms with Crippen LogP contribution in [-0.4, -0.2) is 85.2 Å². The zero-order valence-corrected chi connectivity index (χ0v) is 20.4. The number of nitrogens with two attached hydrogens (primary N) is 1. The Balaban J connectivity index is 1.26. The number of carbonyl (C=O) groups excluding carboxylic acids is 3. The molecule has 194 valence electrons. The largest absolute Gasteiger partial charge is 0.383 e. The van der Waals surface area contributed by atoms with Crippen LogP contribution in [0.4, 0.5) is 11.4 Å². The summed E-state index contributed by atoms with van der Waals surface area (Å²) in [6.07, 6.45) is -2.32. The van der Waals surface area contributed by atoms with Gasteiger partial charge in [-0.1, -0.05) is 6.07 Å². The minimum atomic E-state index is -1.73. The molecular weight excluding hydrogens is 478 g/mol. The monoisotopic (exact) mass is 507 g/mol. The Morgan fingerprint density at radius 2 is 2.08 bits per heavy atom. The maximum Gasteiger partial charge on any atom is 0.259 e. The van der Waals surface area contributed by atoms with Gasteiger partial charge in [-0.15, -0.1) is 0 Å². The SMILES string of the molecule is COC1CCN(C(=O)c2cccc(N3CCOC(C(O)C(=O)Nc4ccc5c(c4)CN=C5N)C3=O)c2)C1. The van der Waals surface area contributed by atoms with Gasteiger partial charge >= 0.3 is 0 Å². The Kier molecular flexibility index (Phi) is 6.92. The third-order valence-electron chi connectivity index (χ3n) is 6.92. The average molecular weight is 508 g/mol. The summed E-state index contributed by atoms with van der Waals surface area (Å²) in [6.45, 7) is 1.88. The number of anilines is 2. The predicted octanol–water partition coefficient (Wildman–Crippen LogP) is 0.498. The lowest BCUT2D eigenvalue weighted by molar-refractivity contribution is -0.150. The van der Waals surface area contributed by atoms with E-state index in [9.17, 15) is 19.5 Å². The van der Waals surface area contributed by atoms with Crippen LogP contribution in [0.3, 0.4) is 0 Å². The highest BCUT2D eigenvalue weighted by molar-refractivity contribution is 6.05. The lowest BCUT2D eigenvalue weighted by Crippen LogP contribution is -2.55. The fourth-order valence-electron chi connectivity index (χ4n) is 4.84. The van der Waals surface area contributed by atoms with Gasteiger partial charge in [-0.05, 0) is 48.4 Å². The molecule has 2 fully saturated rings. The molecule has 3 aliphatic heterocycles. The zero-order valence-electron chi connectivity index (χ0n) is 20.4. The number of amidine groups is 1. The molecule has 3 heterocycles. The second-order valence-corrected chi connectivity index (χ2v) is 9.24. The fourth-order valence-corrected chi connectivity index (χ4v) is 4.84. The van der Waals surface area contributed by atoms with Crippen LogP contribution >= 0.6 is 0 Å². The summed E-state index contributed by atoms with van der Waals surface area (Å²) in [7, 11) is 1.63. The van der Waals surface area contributed by atoms with Crippen LogP contribution < -0.4 is 16.0 Å². The normalized spacial score (nSPS) is 22.0. The van der Waals surface area contributed by atoms with E-state index in [0.717, 1.165) is 17.5 Å². The van der Waals surface area contributed by atoms with Gasteiger partial charge in [0.15, 0.2) is 12.2 Å². The third kappa shape index (κ3) is 4.93. The molecule has 3 aliphatic rings. The summed E-state index contributed by atoms with van der Waals surface area (Å²) in [5.41, 5.74) is 8.90. The molecule has 11 nitrogen and oxygen atoms in total. The summed E-state index contributed by atoms with van der Waals surface area (Å²) in [5, 5.41) is 13.3. The second kappa shape index (κ2) is 10.3. The molecule has 4 N–H and O–H groups in total. The van der Waals surface area contributed by atoms with Crippen molar-refractivity contribution >= 4 is 34.9 Å². The number of nitrogens with one attached hydrogen (secondary N) is 1. The van der Waals surface area contributed by atoms with Gasteiger partial charge in [0, 0.05) is 49.2 Å². The molecule has 0 aromatic heterocycles. The highest BCUT2D eigenvalue weighted by Gasteiger charge is 2.39. The van der Waals surface area contributed by atoms with Crippen LogP contribution in [0, 0.1) is 0 Å². The van der Waals surface area contributed by atoms with E-state index in [2.05, 4.69) is 10.3 Å². The summed E-state index contributed by atoms with van der Waals surface area (Å²) in [6, 6.07) is 11.9. The van der Waals surface area contributed by atoms with Crippen LogP contribution in [0.5, 0.6) is 0 Å². The van der Waals surface area contributed by atoms with Gasteiger partial charge in [0.2, 0.25) is 0 Å². The van der Waals surface area contributed by atoms with Crippen molar-refractivity contribution in [1.29, 1.82) is 0 Å². The van der Waals surface area contributed by atoms with Crippen LogP contribution in [0.15, 0.2) is 47.5 Å². The number of aliphatic imine (C=N–C) groups is 1. The number of carbonyl (C=O) groups is 3. The number of rotatable bonds is 6. The lowest BCUT2D eigenvalue weighted by atomic mass is 10.1. The quantitative estimate of drug-likeness (QED) is 0.516. The molecule has 0 spiro atoms. The standard InChI is InChI=1S/C26H29N5O6/c1-36-19-7-8-30(14-19)25(34)15-3-2-4-18(12-15)31-9-10-37-22(26(31)35)21(32)24(33)29-17-5-6-20-16(11-17)13-28-23(20)27/h2-6,11-12,19,21-22,32H,7-10,13-14H2,1H3,(H2,27,28)(H,29,33). The molecular formula is C26H29N5O6. The molecule has 3 unspecified atom stereocenters. The lowest BCUT2D eigenvalue weighted by Gasteiger charge is -2.34. The number of morpholine rings is 1. The highest BCUT2D eigenvalue weighted by atomic mass is 16.5. The first-order valence-corrected chi connectivity index (χ1v) is 12.1. The van der Waals surface area contributed by atoms with E-state index in [1.54, 1.807) is 54.5 Å². The van der Waals surface area contributed by atoms with Crippen molar-refractivity contribution in [2.24, 2.45) is 10.7 Å². The number of amides is 3. The Labute approximate surface area is 213 Å². The fraction of sp³-hybridized carbons (Fsp3) is 0.385. The number of likely N-dealkylation sites (tertiary alicyclic amines) is 1. The van der Waals surface area contributed by atoms with E-state index in [-0.39, 0.29) is 25.2 Å². The van der Waals surface area contributed by atoms with E-state index in [1.165, 1.54) is 4.90 Å². The van der Waals surface area contributed by atoms with E-state index in [0.29, 0.717) is 42.4 Å². The number of nitrogens with zero attached hydrogens (tertiary/aromatic N) is 3. The van der Waals surface area contributed by atoms with Crippen LogP contribution in [-0.2, 0) is 25.6 Å². The molecule has 2 aromatic carbocycles. The number of aliphatic hydroxyl groups excluding tert-OH is 1. The average Bonchev–Trinajstić information content (AvgIpc) is 3.54. The van der Waals surface area contributed by atoms with Crippen molar-refractivity contribution in [3.05, 3.63) is 59.2 Å². The van der Waals surface area contributed by atoms with Crippen molar-refractivity contribution in [2.75, 3.05) is 43.6 Å². The third-order valence-corrected chi connectivity index (χ3v) is 6.92. The molecule has 11 heteroatoms. The number of methoxy groups -OCH3 is 1. The molecule has 2 saturated heterocycles. The number of ether oxygens (including phenoxy) is 2. The van der Waals surface area contributed by atoms with E-state index >= 15 is 0 Å². The Morgan fingerprint density at radius 3 is 2.86 bits per heavy atom. The minimum Gasteiger partial charge on any atom is -0.383 e. The van der Waals surface area contributed by atoms with Crippen molar-refractivity contribution < 1.29 is 29.0 Å². The Bertz CT molecular complexity index is 1260. The first-order chi connectivity index (χ1) is 17.9. The summed E-state index contributed by atoms with van der Waals surface area (Å²) in [5.74, 6) is -1.02. The molecule has 2 aromatic rings. The predicted molar refractivity (Wildman–Crippen MR) is 135 cm³/mol. The maximum atomic E-state index is 13.3. The molecule has 3 amide bonds. The second-order valence-electron chi connectivity index (χ2n) is 9.24. The number of hydrogen-bond acceptors (Lipinski definition) is 8. The Hall–Kier alpha value is -3.80. The van der Waals surface area contributed by atoms with E-state index in [4.69, 9.17) is 15.2 Å². The summed E-state index contributed by atoms with van der Waals surface area (Å²) in [4.78, 5) is 46.3. The van der Waals surface area contributed by atoms with Gasteiger partial charge in [-0.25, -0.2) is 0 Å². The zero-order chi connectivity index (χ0) is 26.1. The van der Waals surface area contributed by atoms with Crippen molar-refractivity contribution in [3.63, 3.8) is 0 Å². The first-order valence-electron chi connectivity index (χ1n) is 12.1. The molecule has 3 atom stereocenters. The van der Waals surface area contributed by atoms with Gasteiger partial charge in [-0.2, -0.15) is 0 Å². The first kappa shape index (κ1) is 24.9. The number of hydrogen-bond donors (Lipinski definition) is 3. The topological polar surface area (TPSA) is 147 Å². The van der Waals surface area contributed by atoms with Gasteiger partial charge in [-0.3, -0.25) is 19.4 Å². The number of fused-ring (bicyclic) bond motifs is 1. The van der Waals surface area contributed by atoms with E-state index < -0.39 is 24.0 Å². The summed E-state index contributed by atoms with van der Waals surface area (Å²) < 4.78 is 10.9. The van der Waals surface area contributed by atoms with Gasteiger partial charge in [0.05, 0.1) is 19.3 Å². The molecule has 37 heavy (non-hydrogen) atoms. The smallest absolute Gasteiger partial charge is 0.259 e.